The number of nitrogens with one attached hydrogen (secondary N) is 3. The summed E-state index contributed by atoms with van der Waals surface area (Å²) < 4.78 is 38.7. The van der Waals surface area contributed by atoms with Crippen LogP contribution in [0.2, 0.25) is 0 Å². The fourth-order valence-electron chi connectivity index (χ4n) is 2.70. The number of nitrogens with zero attached hydrogens (tertiary/aromatic N) is 1. The third-order valence-electron chi connectivity index (χ3n) is 4.01. The Kier molecular flexibility index (Phi) is 5.21. The van der Waals surface area contributed by atoms with Gasteiger partial charge in [-0.15, -0.1) is 0 Å². The highest BCUT2D eigenvalue weighted by Crippen LogP contribution is 2.29. The minimum atomic E-state index is -4.43. The first-order valence-corrected chi connectivity index (χ1v) is 8.26. The molecular weight excluding hydrogens is 357 g/mol. The summed E-state index contributed by atoms with van der Waals surface area (Å²) in [7, 11) is 1.47. The van der Waals surface area contributed by atoms with Crippen molar-refractivity contribution in [2.24, 2.45) is 0 Å². The number of rotatable bonds is 5. The minimum absolute atomic E-state index is 0.0660. The van der Waals surface area contributed by atoms with E-state index in [4.69, 9.17) is 0 Å². The van der Waals surface area contributed by atoms with E-state index in [2.05, 4.69) is 32.4 Å². The van der Waals surface area contributed by atoms with Crippen molar-refractivity contribution >= 4 is 17.9 Å². The van der Waals surface area contributed by atoms with E-state index in [9.17, 15) is 18.0 Å². The number of amides is 1. The molecule has 0 saturated heterocycles. The molecule has 0 radical (unpaired) electrons. The molecule has 1 amide bonds. The summed E-state index contributed by atoms with van der Waals surface area (Å²) in [6.45, 7) is 0. The van der Waals surface area contributed by atoms with Crippen LogP contribution in [0.25, 0.3) is 6.08 Å². The maximum atomic E-state index is 12.9. The Bertz CT molecular complexity index is 934. The van der Waals surface area contributed by atoms with Gasteiger partial charge in [-0.2, -0.15) is 13.2 Å². The third-order valence-corrected chi connectivity index (χ3v) is 4.01. The van der Waals surface area contributed by atoms with E-state index in [-0.39, 0.29) is 12.3 Å². The van der Waals surface area contributed by atoms with Crippen LogP contribution in [0.15, 0.2) is 30.3 Å². The Morgan fingerprint density at radius 3 is 2.96 bits per heavy atom. The highest BCUT2D eigenvalue weighted by Gasteiger charge is 2.30. The zero-order valence-electron chi connectivity index (χ0n) is 14.4. The van der Waals surface area contributed by atoms with Crippen molar-refractivity contribution in [1.29, 1.82) is 0 Å². The molecule has 1 unspecified atom stereocenters. The molecular formula is C19H17F3N4O. The van der Waals surface area contributed by atoms with Gasteiger partial charge in [0.1, 0.15) is 11.7 Å². The SMILES string of the molecule is CNC(=O)C(Cc1cccc(C(F)(F)F)c1)Nc1nc2c([nH]1)C#CCC=C2. The van der Waals surface area contributed by atoms with Gasteiger partial charge in [0, 0.05) is 19.9 Å². The highest BCUT2D eigenvalue weighted by atomic mass is 19.4. The first kappa shape index (κ1) is 18.6. The van der Waals surface area contributed by atoms with Gasteiger partial charge in [-0.25, -0.2) is 4.98 Å². The summed E-state index contributed by atoms with van der Waals surface area (Å²) in [6.07, 6.45) is -0.0522. The molecule has 1 aliphatic carbocycles. The average molecular weight is 374 g/mol. The maximum absolute atomic E-state index is 12.9. The first-order valence-electron chi connectivity index (χ1n) is 8.26. The van der Waals surface area contributed by atoms with E-state index in [0.717, 1.165) is 12.1 Å². The smallest absolute Gasteiger partial charge is 0.357 e. The van der Waals surface area contributed by atoms with Gasteiger partial charge in [0.25, 0.3) is 0 Å². The van der Waals surface area contributed by atoms with E-state index in [1.807, 2.05) is 12.2 Å². The normalized spacial score (nSPS) is 13.8. The van der Waals surface area contributed by atoms with Crippen molar-refractivity contribution in [3.8, 4) is 11.8 Å². The number of benzene rings is 1. The molecule has 140 valence electrons. The number of fused-ring (bicyclic) bond motifs is 1. The number of alkyl halides is 3. The molecule has 1 heterocycles. The number of aromatic amines is 1. The lowest BCUT2D eigenvalue weighted by molar-refractivity contribution is -0.137. The Balaban J connectivity index is 1.82. The Morgan fingerprint density at radius 2 is 2.22 bits per heavy atom. The molecule has 3 rings (SSSR count). The zero-order chi connectivity index (χ0) is 19.4. The summed E-state index contributed by atoms with van der Waals surface area (Å²) in [5.74, 6) is 5.86. The number of allylic oxidation sites excluding steroid dienone is 1. The molecule has 3 N–H and O–H groups in total. The summed E-state index contributed by atoms with van der Waals surface area (Å²) in [5, 5.41) is 5.47. The van der Waals surface area contributed by atoms with Crippen LogP contribution in [-0.2, 0) is 17.4 Å². The molecule has 0 fully saturated rings. The summed E-state index contributed by atoms with van der Waals surface area (Å²) in [4.78, 5) is 19.6. The molecule has 1 aliphatic rings. The second kappa shape index (κ2) is 7.58. The highest BCUT2D eigenvalue weighted by molar-refractivity contribution is 5.84. The van der Waals surface area contributed by atoms with Crippen molar-refractivity contribution in [3.05, 3.63) is 52.9 Å². The molecule has 5 nitrogen and oxygen atoms in total. The lowest BCUT2D eigenvalue weighted by Crippen LogP contribution is -2.39. The molecule has 1 aromatic heterocycles. The van der Waals surface area contributed by atoms with E-state index in [1.54, 1.807) is 6.07 Å². The standard InChI is InChI=1S/C19H17F3N4O/c1-23-17(27)16(11-12-6-5-7-13(10-12)19(20,21)22)26-18-24-14-8-3-2-4-9-15(14)25-18/h3,5-8,10,16H,2,11H2,1H3,(H,23,27)(H2,24,25,26). The number of anilines is 1. The van der Waals surface area contributed by atoms with Crippen molar-refractivity contribution in [1.82, 2.24) is 15.3 Å². The van der Waals surface area contributed by atoms with Gasteiger partial charge in [0.05, 0.1) is 11.3 Å². The summed E-state index contributed by atoms with van der Waals surface area (Å²) in [6, 6.07) is 4.13. The fraction of sp³-hybridized carbons (Fsp3) is 0.263. The molecule has 0 spiro atoms. The molecule has 1 aromatic carbocycles. The topological polar surface area (TPSA) is 69.8 Å². The Labute approximate surface area is 154 Å². The predicted molar refractivity (Wildman–Crippen MR) is 95.7 cm³/mol. The number of carbonyl (C=O) groups excluding carboxylic acids is 1. The zero-order valence-corrected chi connectivity index (χ0v) is 14.4. The van der Waals surface area contributed by atoms with Gasteiger partial charge in [0.15, 0.2) is 0 Å². The van der Waals surface area contributed by atoms with Crippen LogP contribution >= 0.6 is 0 Å². The molecule has 0 bridgehead atoms. The van der Waals surface area contributed by atoms with E-state index < -0.39 is 17.8 Å². The predicted octanol–water partition coefficient (Wildman–Crippen LogP) is 2.97. The lowest BCUT2D eigenvalue weighted by atomic mass is 10.0. The number of H-pyrrole nitrogens is 1. The van der Waals surface area contributed by atoms with Crippen LogP contribution in [0, 0.1) is 11.8 Å². The molecule has 8 heteroatoms. The number of likely N-dealkylation sites (N-methyl/N-ethyl adjacent to an activating group) is 1. The van der Waals surface area contributed by atoms with Crippen LogP contribution in [0.3, 0.4) is 0 Å². The minimum Gasteiger partial charge on any atom is -0.357 e. The third kappa shape index (κ3) is 4.50. The first-order chi connectivity index (χ1) is 12.9. The summed E-state index contributed by atoms with van der Waals surface area (Å²) >= 11 is 0. The van der Waals surface area contributed by atoms with Crippen LogP contribution < -0.4 is 10.6 Å². The fourth-order valence-corrected chi connectivity index (χ4v) is 2.70. The van der Waals surface area contributed by atoms with E-state index in [1.165, 1.54) is 13.1 Å². The van der Waals surface area contributed by atoms with Crippen LogP contribution in [0.4, 0.5) is 19.1 Å². The lowest BCUT2D eigenvalue weighted by Gasteiger charge is -2.17. The Hall–Kier alpha value is -3.21. The van der Waals surface area contributed by atoms with Crippen LogP contribution in [-0.4, -0.2) is 29.0 Å². The van der Waals surface area contributed by atoms with Crippen molar-refractivity contribution in [2.75, 3.05) is 12.4 Å². The second-order valence-corrected chi connectivity index (χ2v) is 5.97. The van der Waals surface area contributed by atoms with Gasteiger partial charge >= 0.3 is 6.18 Å². The number of hydrogen-bond acceptors (Lipinski definition) is 3. The summed E-state index contributed by atoms with van der Waals surface area (Å²) in [5.41, 5.74) is 0.915. The monoisotopic (exact) mass is 374 g/mol. The molecule has 27 heavy (non-hydrogen) atoms. The van der Waals surface area contributed by atoms with Crippen LogP contribution in [0.1, 0.15) is 28.9 Å². The van der Waals surface area contributed by atoms with Crippen molar-refractivity contribution < 1.29 is 18.0 Å². The van der Waals surface area contributed by atoms with Gasteiger partial charge in [-0.05, 0) is 23.6 Å². The average Bonchev–Trinajstić information content (AvgIpc) is 2.88. The quantitative estimate of drug-likeness (QED) is 0.705. The van der Waals surface area contributed by atoms with Crippen molar-refractivity contribution in [2.45, 2.75) is 25.1 Å². The molecule has 0 saturated carbocycles. The largest absolute Gasteiger partial charge is 0.416 e. The van der Waals surface area contributed by atoms with E-state index >= 15 is 0 Å². The van der Waals surface area contributed by atoms with Gasteiger partial charge < -0.3 is 15.6 Å². The Morgan fingerprint density at radius 1 is 1.41 bits per heavy atom. The number of halogens is 3. The molecule has 1 atom stereocenters. The molecule has 2 aromatic rings. The number of imidazole rings is 1. The van der Waals surface area contributed by atoms with E-state index in [0.29, 0.717) is 29.3 Å². The molecule has 0 aliphatic heterocycles. The van der Waals surface area contributed by atoms with Crippen LogP contribution in [0.5, 0.6) is 0 Å². The van der Waals surface area contributed by atoms with Gasteiger partial charge in [-0.3, -0.25) is 4.79 Å². The second-order valence-electron chi connectivity index (χ2n) is 5.97. The van der Waals surface area contributed by atoms with Crippen molar-refractivity contribution in [3.63, 3.8) is 0 Å². The van der Waals surface area contributed by atoms with Gasteiger partial charge in [0.2, 0.25) is 11.9 Å². The maximum Gasteiger partial charge on any atom is 0.416 e. The van der Waals surface area contributed by atoms with Gasteiger partial charge in [-0.1, -0.05) is 30.2 Å². The number of aromatic nitrogens is 2. The number of carbonyl (C=O) groups is 1. The number of hydrogen-bond donors (Lipinski definition) is 3.